The van der Waals surface area contributed by atoms with E-state index in [9.17, 15) is 19.2 Å². The van der Waals surface area contributed by atoms with E-state index in [1.165, 1.54) is 178 Å². The normalized spacial score (nSPS) is 32.2. The van der Waals surface area contributed by atoms with Crippen LogP contribution in [0.5, 0.6) is 0 Å². The molecule has 0 spiro atoms. The van der Waals surface area contributed by atoms with E-state index >= 15 is 0 Å². The van der Waals surface area contributed by atoms with Crippen LogP contribution >= 0.6 is 0 Å². The summed E-state index contributed by atoms with van der Waals surface area (Å²) in [5.41, 5.74) is 6.04. The Kier molecular flexibility index (Phi) is 24.5. The number of nitrogens with zero attached hydrogens (tertiary/aromatic N) is 4. The Bertz CT molecular complexity index is 2860. The number of fused-ring (bicyclic) bond motifs is 24. The number of hydrogen-bond donors (Lipinski definition) is 4. The molecule has 4 aromatic heterocycles. The number of aromatic nitrogens is 4. The highest BCUT2D eigenvalue weighted by Gasteiger charge is 2.49. The molecule has 8 fully saturated rings. The van der Waals surface area contributed by atoms with Gasteiger partial charge in [-0.1, -0.05) is 24.3 Å². The van der Waals surface area contributed by atoms with Crippen molar-refractivity contribution in [1.82, 2.24) is 18.3 Å². The summed E-state index contributed by atoms with van der Waals surface area (Å²) in [6, 6.07) is 26.6. The van der Waals surface area contributed by atoms with E-state index in [-0.39, 0.29) is 22.2 Å². The van der Waals surface area contributed by atoms with Gasteiger partial charge in [0.25, 0.3) is 22.2 Å². The van der Waals surface area contributed by atoms with Crippen LogP contribution in [0.15, 0.2) is 92.0 Å². The number of halogens is 4. The Balaban J connectivity index is 0.000000132. The molecule has 12 aliphatic rings. The molecular weight excluding hydrogens is 1290 g/mol. The Morgan fingerprint density at radius 3 is 0.663 bits per heavy atom. The SMILES string of the molecule is O=c1cccc2n1C[C@H]1C[C@@H]2C[NH+]2CCCC[C@H]12.O=c1cccc2n1C[C@H]1C[C@@H]2C[NH+]2CCCC[C@H]12.O=c1cccc2n1C[C@H]1C[C@@H]2C[NH+]2CCCC[C@H]12.O=c1cccc2n1C[C@H]1C[C@@H]2C[NH+]2CCCC[C@H]12.[O-][Cl+3]([O-])([O-])[O-].[O-][Cl+3]([O-])([O-])[O-].[O-][Cl+3]([O-])([O-])[O-].[O-][Cl+3]([O-])([O-])[O-]. The van der Waals surface area contributed by atoms with E-state index in [2.05, 4.69) is 42.5 Å². The van der Waals surface area contributed by atoms with Crippen LogP contribution in [0.4, 0.5) is 0 Å². The van der Waals surface area contributed by atoms with Crippen molar-refractivity contribution in [3.05, 3.63) is 137 Å². The Labute approximate surface area is 540 Å². The highest BCUT2D eigenvalue weighted by Crippen LogP contribution is 2.38. The molecule has 28 nitrogen and oxygen atoms in total. The maximum absolute atomic E-state index is 12.0. The van der Waals surface area contributed by atoms with Crippen molar-refractivity contribution in [2.24, 2.45) is 23.7 Å². The largest absolute Gasteiger partial charge is 0.332 e. The van der Waals surface area contributed by atoms with Gasteiger partial charge in [-0.05, 0) is 127 Å². The van der Waals surface area contributed by atoms with Crippen LogP contribution in [0.1, 0.15) is 149 Å². The number of hydrogen-bond acceptors (Lipinski definition) is 20. The first-order valence-electron chi connectivity index (χ1n) is 32.0. The number of nitrogens with one attached hydrogen (secondary N) is 4. The molecule has 4 N–H and O–H groups in total. The van der Waals surface area contributed by atoms with Gasteiger partial charge < -0.3 is 37.9 Å². The molecule has 16 atom stereocenters. The lowest BCUT2D eigenvalue weighted by Gasteiger charge is -2.47. The van der Waals surface area contributed by atoms with Crippen LogP contribution in [0.3, 0.4) is 0 Å². The summed E-state index contributed by atoms with van der Waals surface area (Å²) in [5, 5.41) is 0. The molecule has 4 unspecified atom stereocenters. The van der Waals surface area contributed by atoms with Gasteiger partial charge in [-0.2, -0.15) is 0 Å². The first-order valence-corrected chi connectivity index (χ1v) is 36.9. The fourth-order valence-electron chi connectivity index (χ4n) is 18.4. The second-order valence-electron chi connectivity index (χ2n) is 26.7. The van der Waals surface area contributed by atoms with Crippen molar-refractivity contribution >= 4 is 0 Å². The van der Waals surface area contributed by atoms with Crippen LogP contribution in [0, 0.1) is 64.6 Å². The number of piperidine rings is 8. The van der Waals surface area contributed by atoms with Crippen molar-refractivity contribution in [3.63, 3.8) is 0 Å². The zero-order valence-corrected chi connectivity index (χ0v) is 54.1. The molecule has 0 saturated carbocycles. The van der Waals surface area contributed by atoms with E-state index in [1.54, 1.807) is 24.3 Å². The smallest absolute Gasteiger partial charge is 0.250 e. The minimum absolute atomic E-state index is 0.210. The summed E-state index contributed by atoms with van der Waals surface area (Å²) in [7, 11) is -19.8. The van der Waals surface area contributed by atoms with Gasteiger partial charge in [-0.3, -0.25) is 19.2 Å². The topological polar surface area (TPSA) is 475 Å². The molecule has 0 aromatic carbocycles. The van der Waals surface area contributed by atoms with Gasteiger partial charge in [-0.15, -0.1) is 41.0 Å². The van der Waals surface area contributed by atoms with E-state index in [0.29, 0.717) is 23.7 Å². The first kappa shape index (κ1) is 72.4. The molecule has 92 heavy (non-hydrogen) atoms. The average Bonchev–Trinajstić information content (AvgIpc) is 0.792. The highest BCUT2D eigenvalue weighted by atomic mass is 35.7. The summed E-state index contributed by atoms with van der Waals surface area (Å²) in [4.78, 5) is 55.3. The molecule has 8 bridgehead atoms. The predicted octanol–water partition coefficient (Wildman–Crippen LogP) is -17.4. The monoisotopic (exact) mass is 1380 g/mol. The van der Waals surface area contributed by atoms with E-state index in [4.69, 9.17) is 74.5 Å². The maximum atomic E-state index is 12.0. The molecule has 16 rings (SSSR count). The van der Waals surface area contributed by atoms with E-state index in [0.717, 1.165) is 74.0 Å². The third-order valence-corrected chi connectivity index (χ3v) is 21.5. The Hall–Kier alpha value is -3.84. The summed E-state index contributed by atoms with van der Waals surface area (Å²) in [6.07, 6.45) is 21.9. The summed E-state index contributed by atoms with van der Waals surface area (Å²) < 4.78 is 144. The zero-order valence-electron chi connectivity index (χ0n) is 51.1. The quantitative estimate of drug-likeness (QED) is 0.127. The van der Waals surface area contributed by atoms with Gasteiger partial charge in [-0.25, -0.2) is 74.5 Å². The van der Waals surface area contributed by atoms with Crippen molar-refractivity contribution in [3.8, 4) is 0 Å². The first-order chi connectivity index (χ1) is 43.3. The molecule has 32 heteroatoms. The molecule has 4 aromatic rings. The molecule has 512 valence electrons. The van der Waals surface area contributed by atoms with Crippen LogP contribution in [-0.4, -0.2) is 94.8 Å². The summed E-state index contributed by atoms with van der Waals surface area (Å²) >= 11 is 0. The Morgan fingerprint density at radius 2 is 0.478 bits per heavy atom. The van der Waals surface area contributed by atoms with Crippen molar-refractivity contribution in [1.29, 1.82) is 0 Å². The summed E-state index contributed by atoms with van der Waals surface area (Å²) in [6.45, 7) is 14.3. The van der Waals surface area contributed by atoms with E-state index in [1.807, 2.05) is 43.9 Å². The van der Waals surface area contributed by atoms with Gasteiger partial charge in [0.1, 0.15) is 0 Å². The fourth-order valence-corrected chi connectivity index (χ4v) is 18.4. The zero-order chi connectivity index (χ0) is 66.5. The standard InChI is InChI=1S/4C15H20N2O.4ClHO4/c4*18-15-6-3-5-14-11-8-12(10-17(14)15)13-4-1-2-7-16(13)9-11;4*2-1(3,4)5/h4*3,5-6,11-13H,1-2,4,7-10H2;4*(H,2,3,4,5)/t4*11-,12-,13-;;;;/m1111..../s1. The van der Waals surface area contributed by atoms with Gasteiger partial charge in [0.2, 0.25) is 0 Å². The van der Waals surface area contributed by atoms with Crippen LogP contribution in [-0.2, 0) is 26.2 Å². The maximum Gasteiger partial charge on any atom is 0.250 e. The van der Waals surface area contributed by atoms with Gasteiger partial charge >= 0.3 is 0 Å². The predicted molar refractivity (Wildman–Crippen MR) is 280 cm³/mol. The third-order valence-electron chi connectivity index (χ3n) is 21.5. The highest BCUT2D eigenvalue weighted by molar-refractivity contribution is 5.20. The summed E-state index contributed by atoms with van der Waals surface area (Å²) in [5.74, 6) is 5.48. The molecular formula is C60H84Cl4N8O20. The minimum atomic E-state index is -4.94. The molecule has 12 aliphatic heterocycles. The third kappa shape index (κ3) is 20.1. The van der Waals surface area contributed by atoms with Gasteiger partial charge in [0, 0.05) is 121 Å². The minimum Gasteiger partial charge on any atom is -0.332 e. The second kappa shape index (κ2) is 31.1. The fraction of sp³-hybridized carbons (Fsp3) is 0.667. The van der Waals surface area contributed by atoms with Crippen LogP contribution in [0.2, 0.25) is 0 Å². The van der Waals surface area contributed by atoms with E-state index < -0.39 is 41.0 Å². The lowest BCUT2D eigenvalue weighted by Crippen LogP contribution is -3.19. The van der Waals surface area contributed by atoms with Crippen molar-refractivity contribution in [2.45, 2.75) is 177 Å². The molecule has 0 radical (unpaired) electrons. The number of quaternary nitrogens is 4. The molecule has 16 heterocycles. The number of rotatable bonds is 0. The Morgan fingerprint density at radius 1 is 0.293 bits per heavy atom. The van der Waals surface area contributed by atoms with Crippen LogP contribution < -0.4 is 116 Å². The van der Waals surface area contributed by atoms with Gasteiger partial charge in [0.05, 0.1) is 76.5 Å². The number of pyridine rings is 4. The van der Waals surface area contributed by atoms with Crippen LogP contribution in [0.25, 0.3) is 0 Å². The lowest BCUT2D eigenvalue weighted by atomic mass is 9.75. The van der Waals surface area contributed by atoms with Crippen molar-refractivity contribution in [2.75, 3.05) is 52.4 Å². The second-order valence-corrected chi connectivity index (χ2v) is 29.8. The lowest BCUT2D eigenvalue weighted by molar-refractivity contribution is -2.00. The van der Waals surface area contributed by atoms with Crippen molar-refractivity contribution < 1.29 is 135 Å². The molecule has 8 saturated heterocycles. The van der Waals surface area contributed by atoms with Gasteiger partial charge in [0.15, 0.2) is 0 Å². The average molecular weight is 1380 g/mol. The molecule has 0 aliphatic carbocycles. The molecule has 0 amide bonds.